The Labute approximate surface area is 190 Å². The normalized spacial score (nSPS) is 20.0. The highest BCUT2D eigenvalue weighted by Crippen LogP contribution is 2.32. The summed E-state index contributed by atoms with van der Waals surface area (Å²) in [5, 5.41) is 0. The van der Waals surface area contributed by atoms with E-state index in [9.17, 15) is 14.4 Å². The molecule has 1 unspecified atom stereocenters. The molecule has 0 saturated carbocycles. The molecule has 3 heterocycles. The number of amides is 2. The van der Waals surface area contributed by atoms with Crippen molar-refractivity contribution in [2.75, 3.05) is 44.2 Å². The predicted octanol–water partition coefficient (Wildman–Crippen LogP) is 2.48. The zero-order chi connectivity index (χ0) is 23.1. The number of pyridine rings is 1. The third-order valence-electron chi connectivity index (χ3n) is 6.19. The maximum atomic E-state index is 12.7. The molecule has 32 heavy (non-hydrogen) atoms. The molecule has 0 spiro atoms. The molecule has 2 aliphatic rings. The lowest BCUT2D eigenvalue weighted by Gasteiger charge is -2.37. The molecule has 1 atom stereocenters. The molecule has 0 radical (unpaired) electrons. The number of hydrogen-bond donors (Lipinski definition) is 0. The molecule has 2 aliphatic heterocycles. The van der Waals surface area contributed by atoms with Crippen molar-refractivity contribution < 1.29 is 19.1 Å². The Balaban J connectivity index is 1.60. The van der Waals surface area contributed by atoms with Crippen LogP contribution >= 0.6 is 0 Å². The van der Waals surface area contributed by atoms with E-state index in [1.807, 2.05) is 18.2 Å². The van der Waals surface area contributed by atoms with Crippen molar-refractivity contribution in [1.82, 2.24) is 14.8 Å². The highest BCUT2D eigenvalue weighted by Gasteiger charge is 2.45. The number of ether oxygens (including phenoxy) is 1. The van der Waals surface area contributed by atoms with Gasteiger partial charge in [-0.25, -0.2) is 4.98 Å². The molecule has 0 aliphatic carbocycles. The van der Waals surface area contributed by atoms with E-state index in [1.54, 1.807) is 20.0 Å². The van der Waals surface area contributed by atoms with Gasteiger partial charge in [0.25, 0.3) is 0 Å². The van der Waals surface area contributed by atoms with Gasteiger partial charge in [0.05, 0.1) is 12.0 Å². The van der Waals surface area contributed by atoms with Crippen molar-refractivity contribution in [2.45, 2.75) is 59.0 Å². The molecule has 8 nitrogen and oxygen atoms in total. The van der Waals surface area contributed by atoms with E-state index in [0.717, 1.165) is 51.3 Å². The molecule has 176 valence electrons. The van der Waals surface area contributed by atoms with Gasteiger partial charge in [-0.05, 0) is 18.6 Å². The first-order valence-corrected chi connectivity index (χ1v) is 11.7. The number of aromatic nitrogens is 1. The van der Waals surface area contributed by atoms with Gasteiger partial charge in [-0.1, -0.05) is 39.7 Å². The summed E-state index contributed by atoms with van der Waals surface area (Å²) in [5.41, 5.74) is -0.693. The summed E-state index contributed by atoms with van der Waals surface area (Å²) in [7, 11) is 0. The van der Waals surface area contributed by atoms with E-state index in [0.29, 0.717) is 13.0 Å². The minimum Gasteiger partial charge on any atom is -0.459 e. The fraction of sp³-hybridized carbons (Fsp3) is 0.667. The largest absolute Gasteiger partial charge is 0.459 e. The first-order chi connectivity index (χ1) is 15.3. The SMILES string of the molecule is CCCCCC(=O)OC(CN1CCN(c2ccccn2)CC1)CN1C(=O)CC(C)(C)C1=O. The van der Waals surface area contributed by atoms with Gasteiger partial charge in [0, 0.05) is 51.8 Å². The van der Waals surface area contributed by atoms with Crippen LogP contribution in [0.1, 0.15) is 52.9 Å². The number of nitrogens with zero attached hydrogens (tertiary/aromatic N) is 4. The number of anilines is 1. The second kappa shape index (κ2) is 10.9. The zero-order valence-electron chi connectivity index (χ0n) is 19.6. The number of esters is 1. The molecule has 2 saturated heterocycles. The van der Waals surface area contributed by atoms with E-state index in [1.165, 1.54) is 4.90 Å². The van der Waals surface area contributed by atoms with Gasteiger partial charge < -0.3 is 9.64 Å². The molecule has 2 fully saturated rings. The zero-order valence-corrected chi connectivity index (χ0v) is 19.6. The summed E-state index contributed by atoms with van der Waals surface area (Å²) in [5.74, 6) is 0.331. The van der Waals surface area contributed by atoms with E-state index in [2.05, 4.69) is 21.7 Å². The number of likely N-dealkylation sites (tertiary alicyclic amines) is 1. The van der Waals surface area contributed by atoms with Crippen LogP contribution in [0, 0.1) is 5.41 Å². The molecule has 3 rings (SSSR count). The predicted molar refractivity (Wildman–Crippen MR) is 122 cm³/mol. The van der Waals surface area contributed by atoms with Crippen LogP contribution < -0.4 is 4.90 Å². The van der Waals surface area contributed by atoms with Crippen LogP contribution in [0.5, 0.6) is 0 Å². The van der Waals surface area contributed by atoms with Crippen LogP contribution in [0.4, 0.5) is 5.82 Å². The standard InChI is InChI=1S/C24H36N4O4/c1-4-5-6-10-22(30)32-19(18-28-21(29)16-24(2,3)23(28)31)17-26-12-14-27(15-13-26)20-9-7-8-11-25-20/h7-9,11,19H,4-6,10,12-18H2,1-3H3. The summed E-state index contributed by atoms with van der Waals surface area (Å²) in [6.07, 6.45) is 4.64. The first-order valence-electron chi connectivity index (χ1n) is 11.7. The van der Waals surface area contributed by atoms with E-state index in [4.69, 9.17) is 4.74 Å². The van der Waals surface area contributed by atoms with Gasteiger partial charge in [-0.15, -0.1) is 0 Å². The summed E-state index contributed by atoms with van der Waals surface area (Å²) in [6.45, 7) is 9.54. The molecule has 0 N–H and O–H groups in total. The number of unbranched alkanes of at least 4 members (excludes halogenated alkanes) is 2. The summed E-state index contributed by atoms with van der Waals surface area (Å²) in [4.78, 5) is 47.8. The van der Waals surface area contributed by atoms with Crippen molar-refractivity contribution in [3.05, 3.63) is 24.4 Å². The van der Waals surface area contributed by atoms with Gasteiger partial charge in [-0.3, -0.25) is 24.2 Å². The summed E-state index contributed by atoms with van der Waals surface area (Å²) in [6, 6.07) is 5.89. The smallest absolute Gasteiger partial charge is 0.306 e. The van der Waals surface area contributed by atoms with Crippen molar-refractivity contribution in [3.8, 4) is 0 Å². The van der Waals surface area contributed by atoms with Gasteiger partial charge in [-0.2, -0.15) is 0 Å². The average Bonchev–Trinajstić information content (AvgIpc) is 2.96. The van der Waals surface area contributed by atoms with Crippen LogP contribution in [0.15, 0.2) is 24.4 Å². The monoisotopic (exact) mass is 444 g/mol. The third kappa shape index (κ3) is 6.28. The van der Waals surface area contributed by atoms with Crippen molar-refractivity contribution in [1.29, 1.82) is 0 Å². The highest BCUT2D eigenvalue weighted by atomic mass is 16.5. The number of carbonyl (C=O) groups is 3. The van der Waals surface area contributed by atoms with Gasteiger partial charge in [0.15, 0.2) is 0 Å². The quantitative estimate of drug-likeness (QED) is 0.311. The Hall–Kier alpha value is -2.48. The Bertz CT molecular complexity index is 790. The topological polar surface area (TPSA) is 83.1 Å². The number of rotatable bonds is 10. The van der Waals surface area contributed by atoms with Crippen LogP contribution in [-0.2, 0) is 19.1 Å². The Kier molecular flexibility index (Phi) is 8.23. The Morgan fingerprint density at radius 1 is 1.12 bits per heavy atom. The molecule has 1 aromatic heterocycles. The summed E-state index contributed by atoms with van der Waals surface area (Å²) < 4.78 is 5.79. The van der Waals surface area contributed by atoms with Crippen molar-refractivity contribution >= 4 is 23.6 Å². The summed E-state index contributed by atoms with van der Waals surface area (Å²) >= 11 is 0. The molecule has 0 aromatic carbocycles. The lowest BCUT2D eigenvalue weighted by molar-refractivity contribution is -0.155. The third-order valence-corrected chi connectivity index (χ3v) is 6.19. The van der Waals surface area contributed by atoms with Crippen LogP contribution in [0.25, 0.3) is 0 Å². The maximum absolute atomic E-state index is 12.7. The van der Waals surface area contributed by atoms with Gasteiger partial charge in [0.1, 0.15) is 11.9 Å². The van der Waals surface area contributed by atoms with Gasteiger partial charge in [0.2, 0.25) is 11.8 Å². The fourth-order valence-corrected chi connectivity index (χ4v) is 4.30. The lowest BCUT2D eigenvalue weighted by Crippen LogP contribution is -2.51. The number of piperazine rings is 1. The van der Waals surface area contributed by atoms with Crippen molar-refractivity contribution in [2.24, 2.45) is 5.41 Å². The average molecular weight is 445 g/mol. The molecule has 2 amide bonds. The van der Waals surface area contributed by atoms with Crippen molar-refractivity contribution in [3.63, 3.8) is 0 Å². The highest BCUT2D eigenvalue weighted by molar-refractivity contribution is 6.05. The molecule has 0 bridgehead atoms. The van der Waals surface area contributed by atoms with Crippen LogP contribution in [0.3, 0.4) is 0 Å². The molecule has 1 aromatic rings. The number of imide groups is 1. The molecular formula is C24H36N4O4. The number of hydrogen-bond acceptors (Lipinski definition) is 7. The van der Waals surface area contributed by atoms with Gasteiger partial charge >= 0.3 is 5.97 Å². The van der Waals surface area contributed by atoms with E-state index >= 15 is 0 Å². The Morgan fingerprint density at radius 2 is 1.88 bits per heavy atom. The van der Waals surface area contributed by atoms with Crippen LogP contribution in [-0.4, -0.2) is 77.9 Å². The fourth-order valence-electron chi connectivity index (χ4n) is 4.30. The minimum atomic E-state index is -0.693. The minimum absolute atomic E-state index is 0.126. The maximum Gasteiger partial charge on any atom is 0.306 e. The Morgan fingerprint density at radius 3 is 2.47 bits per heavy atom. The molecular weight excluding hydrogens is 408 g/mol. The van der Waals surface area contributed by atoms with Crippen LogP contribution in [0.2, 0.25) is 0 Å². The second-order valence-corrected chi connectivity index (χ2v) is 9.41. The second-order valence-electron chi connectivity index (χ2n) is 9.41. The molecule has 8 heteroatoms. The van der Waals surface area contributed by atoms with E-state index in [-0.39, 0.29) is 30.7 Å². The lowest BCUT2D eigenvalue weighted by atomic mass is 9.92. The van der Waals surface area contributed by atoms with E-state index < -0.39 is 11.5 Å². The first kappa shape index (κ1) is 24.2. The number of carbonyl (C=O) groups excluding carboxylic acids is 3.